The molecule has 2 heterocycles. The molecule has 3 aliphatic rings. The van der Waals surface area contributed by atoms with Crippen LogP contribution in [0.15, 0.2) is 47.4 Å². The highest BCUT2D eigenvalue weighted by Gasteiger charge is 2.57. The molecule has 1 saturated carbocycles. The van der Waals surface area contributed by atoms with Gasteiger partial charge in [-0.1, -0.05) is 47.5 Å². The first kappa shape index (κ1) is 18.3. The van der Waals surface area contributed by atoms with Gasteiger partial charge in [0.1, 0.15) is 0 Å². The third kappa shape index (κ3) is 2.75. The summed E-state index contributed by atoms with van der Waals surface area (Å²) in [5.41, 5.74) is 0.781. The van der Waals surface area contributed by atoms with Gasteiger partial charge in [-0.3, -0.25) is 4.79 Å². The normalized spacial score (nSPS) is 24.4. The van der Waals surface area contributed by atoms with Crippen LogP contribution in [0, 0.1) is 0 Å². The van der Waals surface area contributed by atoms with E-state index in [0.717, 1.165) is 23.3 Å². The number of rotatable bonds is 3. The van der Waals surface area contributed by atoms with Crippen LogP contribution in [0.25, 0.3) is 0 Å². The molecule has 0 bridgehead atoms. The van der Waals surface area contributed by atoms with Gasteiger partial charge in [0.05, 0.1) is 26.9 Å². The molecular formula is C21H17Cl2NO3S. The maximum absolute atomic E-state index is 13.4. The molecule has 1 amide bonds. The molecule has 5 rings (SSSR count). The van der Waals surface area contributed by atoms with Crippen molar-refractivity contribution in [2.24, 2.45) is 0 Å². The molecule has 2 aromatic carbocycles. The predicted molar refractivity (Wildman–Crippen MR) is 109 cm³/mol. The molecule has 1 spiro atoms. The Labute approximate surface area is 177 Å². The number of fused-ring (bicyclic) bond motifs is 2. The van der Waals surface area contributed by atoms with Crippen LogP contribution < -0.4 is 0 Å². The fraction of sp³-hybridized carbons (Fsp3) is 0.333. The van der Waals surface area contributed by atoms with Gasteiger partial charge in [0.15, 0.2) is 5.60 Å². The Balaban J connectivity index is 1.39. The van der Waals surface area contributed by atoms with Crippen molar-refractivity contribution in [1.29, 1.82) is 0 Å². The summed E-state index contributed by atoms with van der Waals surface area (Å²) >= 11 is 14.1. The van der Waals surface area contributed by atoms with Crippen LogP contribution in [0.1, 0.15) is 35.2 Å². The van der Waals surface area contributed by atoms with E-state index in [1.165, 1.54) is 11.8 Å². The number of hydrogen-bond acceptors (Lipinski definition) is 4. The highest BCUT2D eigenvalue weighted by Crippen LogP contribution is 2.56. The Morgan fingerprint density at radius 1 is 1.04 bits per heavy atom. The second-order valence-electron chi connectivity index (χ2n) is 7.55. The standard InChI is InChI=1S/C21H17Cl2NO3S/c22-15-6-3-7-16(23)17(15)28-21(8-9-21)19(26)24-11-10-20(12-24)14-5-2-1-4-13(14)18(25)27-20/h1-7H,8-12H2/t20-/m0/s1. The molecule has 1 aliphatic carbocycles. The first-order valence-corrected chi connectivity index (χ1v) is 10.8. The van der Waals surface area contributed by atoms with E-state index in [1.54, 1.807) is 24.3 Å². The lowest BCUT2D eigenvalue weighted by atomic mass is 9.91. The first-order chi connectivity index (χ1) is 13.4. The second-order valence-corrected chi connectivity index (χ2v) is 9.76. The molecule has 1 atom stereocenters. The molecule has 2 aromatic rings. The van der Waals surface area contributed by atoms with Gasteiger partial charge in [-0.05, 0) is 31.0 Å². The number of likely N-dealkylation sites (tertiary alicyclic amines) is 1. The summed E-state index contributed by atoms with van der Waals surface area (Å²) in [7, 11) is 0. The predicted octanol–water partition coefficient (Wildman–Crippen LogP) is 4.92. The molecule has 0 N–H and O–H groups in total. The molecule has 0 unspecified atom stereocenters. The number of esters is 1. The zero-order valence-corrected chi connectivity index (χ0v) is 17.2. The van der Waals surface area contributed by atoms with E-state index in [2.05, 4.69) is 0 Å². The maximum Gasteiger partial charge on any atom is 0.339 e. The highest BCUT2D eigenvalue weighted by atomic mass is 35.5. The molecule has 0 aromatic heterocycles. The van der Waals surface area contributed by atoms with Gasteiger partial charge in [-0.2, -0.15) is 0 Å². The van der Waals surface area contributed by atoms with Crippen molar-refractivity contribution in [1.82, 2.24) is 4.90 Å². The van der Waals surface area contributed by atoms with Gasteiger partial charge in [-0.15, -0.1) is 11.8 Å². The van der Waals surface area contributed by atoms with Gasteiger partial charge in [-0.25, -0.2) is 4.79 Å². The van der Waals surface area contributed by atoms with E-state index in [-0.39, 0.29) is 11.9 Å². The molecule has 1 saturated heterocycles. The minimum Gasteiger partial charge on any atom is -0.449 e. The smallest absolute Gasteiger partial charge is 0.339 e. The van der Waals surface area contributed by atoms with Crippen LogP contribution in [0.4, 0.5) is 0 Å². The zero-order valence-electron chi connectivity index (χ0n) is 14.9. The third-order valence-corrected chi connectivity index (χ3v) is 8.23. The molecule has 0 radical (unpaired) electrons. The number of ether oxygens (including phenoxy) is 1. The van der Waals surface area contributed by atoms with Gasteiger partial charge in [0.2, 0.25) is 5.91 Å². The average Bonchev–Trinajstić information content (AvgIpc) is 3.27. The highest BCUT2D eigenvalue weighted by molar-refractivity contribution is 8.02. The SMILES string of the molecule is O=C1O[C@]2(CCN(C(=O)C3(Sc4c(Cl)cccc4Cl)CC3)C2)c2ccccc21. The molecular weight excluding hydrogens is 417 g/mol. The van der Waals surface area contributed by atoms with Crippen LogP contribution in [0.3, 0.4) is 0 Å². The van der Waals surface area contributed by atoms with E-state index < -0.39 is 10.3 Å². The number of nitrogens with zero attached hydrogens (tertiary/aromatic N) is 1. The fourth-order valence-corrected chi connectivity index (χ4v) is 6.01. The number of hydrogen-bond donors (Lipinski definition) is 0. The summed E-state index contributed by atoms with van der Waals surface area (Å²) in [4.78, 5) is 28.2. The van der Waals surface area contributed by atoms with E-state index in [4.69, 9.17) is 27.9 Å². The zero-order chi connectivity index (χ0) is 19.5. The summed E-state index contributed by atoms with van der Waals surface area (Å²) < 4.78 is 5.24. The van der Waals surface area contributed by atoms with Crippen molar-refractivity contribution in [3.63, 3.8) is 0 Å². The number of carbonyl (C=O) groups is 2. The van der Waals surface area contributed by atoms with Crippen molar-refractivity contribution < 1.29 is 14.3 Å². The van der Waals surface area contributed by atoms with E-state index >= 15 is 0 Å². The summed E-state index contributed by atoms with van der Waals surface area (Å²) in [6.45, 7) is 0.964. The molecule has 7 heteroatoms. The Morgan fingerprint density at radius 2 is 1.75 bits per heavy atom. The third-order valence-electron chi connectivity index (χ3n) is 5.76. The molecule has 2 fully saturated rings. The largest absolute Gasteiger partial charge is 0.449 e. The van der Waals surface area contributed by atoms with E-state index in [1.807, 2.05) is 23.1 Å². The van der Waals surface area contributed by atoms with Gasteiger partial charge in [0.25, 0.3) is 0 Å². The molecule has 144 valence electrons. The summed E-state index contributed by atoms with van der Waals surface area (Å²) in [5, 5.41) is 1.13. The van der Waals surface area contributed by atoms with Crippen LogP contribution in [0.5, 0.6) is 0 Å². The van der Waals surface area contributed by atoms with Gasteiger partial charge in [0, 0.05) is 23.4 Å². The Hall–Kier alpha value is -1.69. The fourth-order valence-electron chi connectivity index (χ4n) is 4.14. The second kappa shape index (κ2) is 6.41. The number of benzene rings is 2. The number of amides is 1. The van der Waals surface area contributed by atoms with Crippen LogP contribution in [0.2, 0.25) is 10.0 Å². The van der Waals surface area contributed by atoms with Crippen LogP contribution in [-0.4, -0.2) is 34.6 Å². The van der Waals surface area contributed by atoms with Crippen molar-refractivity contribution in [2.45, 2.75) is 34.5 Å². The number of carbonyl (C=O) groups excluding carboxylic acids is 2. The van der Waals surface area contributed by atoms with E-state index in [0.29, 0.717) is 35.1 Å². The van der Waals surface area contributed by atoms with E-state index in [9.17, 15) is 9.59 Å². The molecule has 28 heavy (non-hydrogen) atoms. The summed E-state index contributed by atoms with van der Waals surface area (Å²) in [6.07, 6.45) is 2.20. The summed E-state index contributed by atoms with van der Waals surface area (Å²) in [6, 6.07) is 12.8. The van der Waals surface area contributed by atoms with Crippen molar-refractivity contribution in [2.75, 3.05) is 13.1 Å². The number of thioether (sulfide) groups is 1. The molecule has 4 nitrogen and oxygen atoms in total. The van der Waals surface area contributed by atoms with Crippen LogP contribution in [-0.2, 0) is 15.1 Å². The van der Waals surface area contributed by atoms with Gasteiger partial charge >= 0.3 is 5.97 Å². The quantitative estimate of drug-likeness (QED) is 0.644. The minimum absolute atomic E-state index is 0.0748. The van der Waals surface area contributed by atoms with Crippen molar-refractivity contribution >= 4 is 46.8 Å². The molecule has 2 aliphatic heterocycles. The Kier molecular flexibility index (Phi) is 4.20. The average molecular weight is 434 g/mol. The minimum atomic E-state index is -0.716. The van der Waals surface area contributed by atoms with Crippen molar-refractivity contribution in [3.8, 4) is 0 Å². The first-order valence-electron chi connectivity index (χ1n) is 9.19. The number of halogens is 2. The lowest BCUT2D eigenvalue weighted by Crippen LogP contribution is -2.40. The monoisotopic (exact) mass is 433 g/mol. The van der Waals surface area contributed by atoms with Crippen molar-refractivity contribution in [3.05, 3.63) is 63.6 Å². The van der Waals surface area contributed by atoms with Crippen LogP contribution >= 0.6 is 35.0 Å². The maximum atomic E-state index is 13.4. The summed E-state index contributed by atoms with van der Waals surface area (Å²) in [5.74, 6) is -0.228. The Bertz CT molecular complexity index is 987. The van der Waals surface area contributed by atoms with Gasteiger partial charge < -0.3 is 9.64 Å². The Morgan fingerprint density at radius 3 is 2.46 bits per heavy atom. The topological polar surface area (TPSA) is 46.6 Å². The lowest BCUT2D eigenvalue weighted by Gasteiger charge is -2.26. The lowest BCUT2D eigenvalue weighted by molar-refractivity contribution is -0.131.